The number of Topliss-reactive ketones (excluding diaryl/α,β-unsaturated/α-hetero) is 1. The second-order valence-electron chi connectivity index (χ2n) is 2.15. The first-order chi connectivity index (χ1) is 4.84. The quantitative estimate of drug-likeness (QED) is 0.600. The summed E-state index contributed by atoms with van der Waals surface area (Å²) in [6.07, 6.45) is 2.97. The summed E-state index contributed by atoms with van der Waals surface area (Å²) >= 11 is 0. The van der Waals surface area contributed by atoms with Gasteiger partial charge in [-0.3, -0.25) is 4.79 Å². The van der Waals surface area contributed by atoms with Crippen LogP contribution in [0.25, 0.3) is 0 Å². The highest BCUT2D eigenvalue weighted by Gasteiger charge is 2.05. The van der Waals surface area contributed by atoms with Crippen molar-refractivity contribution in [1.29, 1.82) is 0 Å². The van der Waals surface area contributed by atoms with Crippen LogP contribution in [0, 0.1) is 0 Å². The standard InChI is InChI=1S/C8H10O2/c1-2-4-7(9)8-5-3-6-10-8/h3,5-6H,2,4H2,1H3. The van der Waals surface area contributed by atoms with Crippen LogP contribution in [0.5, 0.6) is 0 Å². The van der Waals surface area contributed by atoms with Gasteiger partial charge >= 0.3 is 0 Å². The molecule has 1 heterocycles. The number of carbonyl (C=O) groups is 1. The molecule has 0 bridgehead atoms. The molecule has 0 saturated carbocycles. The van der Waals surface area contributed by atoms with Crippen molar-refractivity contribution in [2.75, 3.05) is 0 Å². The van der Waals surface area contributed by atoms with E-state index in [4.69, 9.17) is 4.42 Å². The number of ketones is 1. The minimum absolute atomic E-state index is 0.0903. The minimum atomic E-state index is 0.0903. The van der Waals surface area contributed by atoms with Crippen LogP contribution in [0.2, 0.25) is 0 Å². The summed E-state index contributed by atoms with van der Waals surface area (Å²) in [5, 5.41) is 0. The van der Waals surface area contributed by atoms with Crippen molar-refractivity contribution in [1.82, 2.24) is 0 Å². The molecule has 1 aromatic heterocycles. The van der Waals surface area contributed by atoms with Crippen LogP contribution in [0.3, 0.4) is 0 Å². The largest absolute Gasteiger partial charge is 0.461 e. The van der Waals surface area contributed by atoms with Gasteiger partial charge in [0.15, 0.2) is 11.5 Å². The highest BCUT2D eigenvalue weighted by atomic mass is 16.3. The van der Waals surface area contributed by atoms with E-state index in [1.165, 1.54) is 6.26 Å². The molecule has 0 unspecified atom stereocenters. The van der Waals surface area contributed by atoms with Gasteiger partial charge in [0.2, 0.25) is 0 Å². The maximum atomic E-state index is 11.0. The monoisotopic (exact) mass is 138 g/mol. The molecule has 0 aromatic carbocycles. The molecule has 0 fully saturated rings. The average molecular weight is 138 g/mol. The molecule has 54 valence electrons. The normalized spacial score (nSPS) is 9.70. The van der Waals surface area contributed by atoms with Gasteiger partial charge in [0.25, 0.3) is 0 Å². The fraction of sp³-hybridized carbons (Fsp3) is 0.375. The molecule has 0 amide bonds. The van der Waals surface area contributed by atoms with Crippen LogP contribution >= 0.6 is 0 Å². The smallest absolute Gasteiger partial charge is 0.197 e. The molecule has 0 aliphatic carbocycles. The molecule has 2 heteroatoms. The Morgan fingerprint density at radius 2 is 2.50 bits per heavy atom. The minimum Gasteiger partial charge on any atom is -0.461 e. The molecular weight excluding hydrogens is 128 g/mol. The number of hydrogen-bond acceptors (Lipinski definition) is 2. The van der Waals surface area contributed by atoms with Gasteiger partial charge in [0.05, 0.1) is 6.26 Å². The van der Waals surface area contributed by atoms with E-state index in [1.807, 2.05) is 6.92 Å². The molecule has 1 rings (SSSR count). The highest BCUT2D eigenvalue weighted by molar-refractivity contribution is 5.93. The van der Waals surface area contributed by atoms with Crippen LogP contribution in [0.15, 0.2) is 22.8 Å². The summed E-state index contributed by atoms with van der Waals surface area (Å²) in [4.78, 5) is 11.0. The number of carbonyl (C=O) groups excluding carboxylic acids is 1. The third-order valence-corrected chi connectivity index (χ3v) is 1.27. The number of hydrogen-bond donors (Lipinski definition) is 0. The second-order valence-corrected chi connectivity index (χ2v) is 2.15. The zero-order valence-electron chi connectivity index (χ0n) is 5.96. The molecule has 0 aliphatic heterocycles. The predicted molar refractivity (Wildman–Crippen MR) is 37.9 cm³/mol. The molecule has 0 atom stereocenters. The fourth-order valence-electron chi connectivity index (χ4n) is 0.787. The number of rotatable bonds is 3. The van der Waals surface area contributed by atoms with Crippen molar-refractivity contribution in [3.05, 3.63) is 24.2 Å². The summed E-state index contributed by atoms with van der Waals surface area (Å²) in [7, 11) is 0. The first-order valence-electron chi connectivity index (χ1n) is 3.41. The van der Waals surface area contributed by atoms with Gasteiger partial charge in [0, 0.05) is 6.42 Å². The molecule has 0 spiro atoms. The maximum Gasteiger partial charge on any atom is 0.197 e. The van der Waals surface area contributed by atoms with Gasteiger partial charge in [0.1, 0.15) is 0 Å². The molecule has 0 aliphatic rings. The lowest BCUT2D eigenvalue weighted by molar-refractivity contribution is 0.0955. The third-order valence-electron chi connectivity index (χ3n) is 1.27. The molecule has 2 nitrogen and oxygen atoms in total. The Bertz CT molecular complexity index is 199. The fourth-order valence-corrected chi connectivity index (χ4v) is 0.787. The Morgan fingerprint density at radius 3 is 3.00 bits per heavy atom. The third kappa shape index (κ3) is 1.47. The van der Waals surface area contributed by atoms with Gasteiger partial charge in [-0.25, -0.2) is 0 Å². The van der Waals surface area contributed by atoms with Crippen LogP contribution in [0.1, 0.15) is 30.3 Å². The van der Waals surface area contributed by atoms with E-state index >= 15 is 0 Å². The van der Waals surface area contributed by atoms with E-state index < -0.39 is 0 Å². The van der Waals surface area contributed by atoms with Gasteiger partial charge in [-0.05, 0) is 18.6 Å². The van der Waals surface area contributed by atoms with Gasteiger partial charge in [-0.1, -0.05) is 6.92 Å². The Labute approximate surface area is 59.8 Å². The average Bonchev–Trinajstić information content (AvgIpc) is 2.38. The zero-order chi connectivity index (χ0) is 7.40. The van der Waals surface area contributed by atoms with Crippen molar-refractivity contribution < 1.29 is 9.21 Å². The first kappa shape index (κ1) is 7.06. The second kappa shape index (κ2) is 3.20. The van der Waals surface area contributed by atoms with Crippen molar-refractivity contribution >= 4 is 5.78 Å². The first-order valence-corrected chi connectivity index (χ1v) is 3.41. The van der Waals surface area contributed by atoms with E-state index in [9.17, 15) is 4.79 Å². The SMILES string of the molecule is CCCC(=O)c1ccco1. The Morgan fingerprint density at radius 1 is 1.70 bits per heavy atom. The Hall–Kier alpha value is -1.05. The Kier molecular flexibility index (Phi) is 2.26. The molecule has 0 saturated heterocycles. The number of furan rings is 1. The predicted octanol–water partition coefficient (Wildman–Crippen LogP) is 2.26. The lowest BCUT2D eigenvalue weighted by Crippen LogP contribution is -1.94. The molecule has 10 heavy (non-hydrogen) atoms. The summed E-state index contributed by atoms with van der Waals surface area (Å²) in [5.74, 6) is 0.564. The van der Waals surface area contributed by atoms with Crippen molar-refractivity contribution in [3.63, 3.8) is 0 Å². The van der Waals surface area contributed by atoms with E-state index in [2.05, 4.69) is 0 Å². The lowest BCUT2D eigenvalue weighted by Gasteiger charge is -1.90. The maximum absolute atomic E-state index is 11.0. The van der Waals surface area contributed by atoms with E-state index in [0.29, 0.717) is 12.2 Å². The van der Waals surface area contributed by atoms with E-state index in [-0.39, 0.29) is 5.78 Å². The van der Waals surface area contributed by atoms with Crippen LogP contribution < -0.4 is 0 Å². The Balaban J connectivity index is 2.59. The van der Waals surface area contributed by atoms with Crippen molar-refractivity contribution in [2.45, 2.75) is 19.8 Å². The molecule has 0 radical (unpaired) electrons. The van der Waals surface area contributed by atoms with Crippen molar-refractivity contribution in [2.24, 2.45) is 0 Å². The summed E-state index contributed by atoms with van der Waals surface area (Å²) < 4.78 is 4.90. The van der Waals surface area contributed by atoms with Gasteiger partial charge in [-0.2, -0.15) is 0 Å². The topological polar surface area (TPSA) is 30.2 Å². The van der Waals surface area contributed by atoms with Crippen LogP contribution in [0.4, 0.5) is 0 Å². The summed E-state index contributed by atoms with van der Waals surface area (Å²) in [6, 6.07) is 3.42. The molecule has 1 aromatic rings. The summed E-state index contributed by atoms with van der Waals surface area (Å²) in [6.45, 7) is 1.97. The van der Waals surface area contributed by atoms with Gasteiger partial charge in [-0.15, -0.1) is 0 Å². The molecular formula is C8H10O2. The molecule has 0 N–H and O–H groups in total. The lowest BCUT2D eigenvalue weighted by atomic mass is 10.2. The van der Waals surface area contributed by atoms with Gasteiger partial charge < -0.3 is 4.42 Å². The summed E-state index contributed by atoms with van der Waals surface area (Å²) in [5.41, 5.74) is 0. The zero-order valence-corrected chi connectivity index (χ0v) is 5.96. The van der Waals surface area contributed by atoms with E-state index in [0.717, 1.165) is 6.42 Å². The van der Waals surface area contributed by atoms with E-state index in [1.54, 1.807) is 12.1 Å². The van der Waals surface area contributed by atoms with Crippen molar-refractivity contribution in [3.8, 4) is 0 Å². The van der Waals surface area contributed by atoms with Crippen LogP contribution in [-0.4, -0.2) is 5.78 Å². The highest BCUT2D eigenvalue weighted by Crippen LogP contribution is 2.04. The van der Waals surface area contributed by atoms with Crippen LogP contribution in [-0.2, 0) is 0 Å².